The van der Waals surface area contributed by atoms with E-state index in [1.54, 1.807) is 4.90 Å². The lowest BCUT2D eigenvalue weighted by atomic mass is 9.87. The summed E-state index contributed by atoms with van der Waals surface area (Å²) in [5, 5.41) is 9.20. The monoisotopic (exact) mass is 340 g/mol. The molecule has 2 atom stereocenters. The van der Waals surface area contributed by atoms with Gasteiger partial charge < -0.3 is 9.64 Å². The van der Waals surface area contributed by atoms with Gasteiger partial charge in [0.2, 0.25) is 0 Å². The van der Waals surface area contributed by atoms with Gasteiger partial charge in [-0.1, -0.05) is 24.6 Å². The van der Waals surface area contributed by atoms with Gasteiger partial charge in [-0.2, -0.15) is 5.26 Å². The fourth-order valence-corrected chi connectivity index (χ4v) is 3.71. The van der Waals surface area contributed by atoms with Gasteiger partial charge in [-0.3, -0.25) is 9.59 Å². The summed E-state index contributed by atoms with van der Waals surface area (Å²) in [6, 6.07) is 11.5. The molecule has 1 saturated heterocycles. The van der Waals surface area contributed by atoms with E-state index in [0.29, 0.717) is 31.5 Å². The van der Waals surface area contributed by atoms with Crippen LogP contribution < -0.4 is 0 Å². The molecule has 1 aliphatic heterocycles. The average molecular weight is 340 g/mol. The maximum Gasteiger partial charge on any atom is 0.309 e. The number of amides is 1. The number of ether oxygens (including phenoxy) is 1. The number of benzene rings is 1. The molecule has 5 heteroatoms. The van der Waals surface area contributed by atoms with Crippen LogP contribution in [-0.2, 0) is 9.53 Å². The third-order valence-corrected chi connectivity index (χ3v) is 5.27. The van der Waals surface area contributed by atoms with Gasteiger partial charge in [0.15, 0.2) is 0 Å². The molecule has 1 heterocycles. The molecule has 1 amide bonds. The zero-order valence-corrected chi connectivity index (χ0v) is 14.4. The minimum Gasteiger partial charge on any atom is -0.461 e. The second-order valence-electron chi connectivity index (χ2n) is 6.93. The molecular formula is C20H24N2O3. The highest BCUT2D eigenvalue weighted by Gasteiger charge is 2.33. The molecule has 5 nitrogen and oxygen atoms in total. The van der Waals surface area contributed by atoms with E-state index in [2.05, 4.69) is 6.07 Å². The van der Waals surface area contributed by atoms with Crippen LogP contribution in [0.4, 0.5) is 0 Å². The van der Waals surface area contributed by atoms with Gasteiger partial charge in [-0.25, -0.2) is 0 Å². The molecule has 1 saturated carbocycles. The zero-order chi connectivity index (χ0) is 17.6. The van der Waals surface area contributed by atoms with E-state index in [4.69, 9.17) is 4.74 Å². The number of rotatable bonds is 3. The summed E-state index contributed by atoms with van der Waals surface area (Å²) in [4.78, 5) is 26.7. The highest BCUT2D eigenvalue weighted by Crippen LogP contribution is 2.28. The number of hydrogen-bond donors (Lipinski definition) is 0. The van der Waals surface area contributed by atoms with Crippen LogP contribution in [-0.4, -0.2) is 36.0 Å². The van der Waals surface area contributed by atoms with Crippen molar-refractivity contribution in [3.63, 3.8) is 0 Å². The Morgan fingerprint density at radius 3 is 2.40 bits per heavy atom. The molecule has 2 aliphatic rings. The normalized spacial score (nSPS) is 24.4. The van der Waals surface area contributed by atoms with E-state index in [-0.39, 0.29) is 29.8 Å². The van der Waals surface area contributed by atoms with E-state index in [1.807, 2.05) is 30.3 Å². The molecule has 0 aromatic heterocycles. The van der Waals surface area contributed by atoms with E-state index >= 15 is 0 Å². The molecular weight excluding hydrogens is 316 g/mol. The first kappa shape index (κ1) is 17.5. The van der Waals surface area contributed by atoms with Crippen LogP contribution in [0.2, 0.25) is 0 Å². The molecule has 3 rings (SSSR count). The fourth-order valence-electron chi connectivity index (χ4n) is 3.71. The number of carbonyl (C=O) groups is 2. The van der Waals surface area contributed by atoms with Crippen molar-refractivity contribution in [2.45, 2.75) is 44.6 Å². The SMILES string of the molecule is N#C[C@H]1CCCC[C@H]1OC(=O)C1CCN(C(=O)c2ccccc2)CC1. The van der Waals surface area contributed by atoms with Gasteiger partial charge in [0.1, 0.15) is 6.10 Å². The summed E-state index contributed by atoms with van der Waals surface area (Å²) in [5.41, 5.74) is 0.683. The Balaban J connectivity index is 1.51. The van der Waals surface area contributed by atoms with Gasteiger partial charge in [0.25, 0.3) is 5.91 Å². The molecule has 0 spiro atoms. The molecule has 132 valence electrons. The van der Waals surface area contributed by atoms with Crippen LogP contribution in [0.5, 0.6) is 0 Å². The van der Waals surface area contributed by atoms with Crippen molar-refractivity contribution in [3.05, 3.63) is 35.9 Å². The number of nitrogens with zero attached hydrogens (tertiary/aromatic N) is 2. The van der Waals surface area contributed by atoms with Gasteiger partial charge in [0.05, 0.1) is 17.9 Å². The van der Waals surface area contributed by atoms with Gasteiger partial charge in [-0.15, -0.1) is 0 Å². The second kappa shape index (κ2) is 8.15. The Kier molecular flexibility index (Phi) is 5.70. The summed E-state index contributed by atoms with van der Waals surface area (Å²) in [7, 11) is 0. The molecule has 1 aromatic carbocycles. The highest BCUT2D eigenvalue weighted by molar-refractivity contribution is 5.94. The number of carbonyl (C=O) groups excluding carboxylic acids is 2. The van der Waals surface area contributed by atoms with Crippen molar-refractivity contribution < 1.29 is 14.3 Å². The summed E-state index contributed by atoms with van der Waals surface area (Å²) in [6.07, 6.45) is 4.65. The van der Waals surface area contributed by atoms with Crippen molar-refractivity contribution in [1.82, 2.24) is 4.90 Å². The van der Waals surface area contributed by atoms with Gasteiger partial charge >= 0.3 is 5.97 Å². The molecule has 0 unspecified atom stereocenters. The Hall–Kier alpha value is -2.35. The van der Waals surface area contributed by atoms with Gasteiger partial charge in [0, 0.05) is 18.7 Å². The Labute approximate surface area is 148 Å². The lowest BCUT2D eigenvalue weighted by Gasteiger charge is -2.33. The number of piperidine rings is 1. The third-order valence-electron chi connectivity index (χ3n) is 5.27. The smallest absolute Gasteiger partial charge is 0.309 e. The van der Waals surface area contributed by atoms with Gasteiger partial charge in [-0.05, 0) is 44.2 Å². The van der Waals surface area contributed by atoms with Crippen molar-refractivity contribution in [1.29, 1.82) is 5.26 Å². The number of nitriles is 1. The van der Waals surface area contributed by atoms with Crippen LogP contribution in [0.3, 0.4) is 0 Å². The molecule has 0 radical (unpaired) electrons. The van der Waals surface area contributed by atoms with Crippen molar-refractivity contribution in [2.24, 2.45) is 11.8 Å². The first-order valence-corrected chi connectivity index (χ1v) is 9.13. The van der Waals surface area contributed by atoms with E-state index in [0.717, 1.165) is 25.7 Å². The number of hydrogen-bond acceptors (Lipinski definition) is 4. The van der Waals surface area contributed by atoms with E-state index in [9.17, 15) is 14.9 Å². The molecule has 25 heavy (non-hydrogen) atoms. The minimum atomic E-state index is -0.254. The standard InChI is InChI=1S/C20H24N2O3/c21-14-17-8-4-5-9-18(17)25-20(24)16-10-12-22(13-11-16)19(23)15-6-2-1-3-7-15/h1-3,6-7,16-18H,4-5,8-13H2/t17-,18-/m1/s1. The number of likely N-dealkylation sites (tertiary alicyclic amines) is 1. The Morgan fingerprint density at radius 2 is 1.72 bits per heavy atom. The maximum absolute atomic E-state index is 12.4. The largest absolute Gasteiger partial charge is 0.461 e. The van der Waals surface area contributed by atoms with Crippen molar-refractivity contribution >= 4 is 11.9 Å². The summed E-state index contributed by atoms with van der Waals surface area (Å²) in [6.45, 7) is 1.14. The Bertz CT molecular complexity index is 645. The minimum absolute atomic E-state index is 0.0178. The summed E-state index contributed by atoms with van der Waals surface area (Å²) >= 11 is 0. The van der Waals surface area contributed by atoms with E-state index in [1.165, 1.54) is 0 Å². The molecule has 0 bridgehead atoms. The highest BCUT2D eigenvalue weighted by atomic mass is 16.5. The lowest BCUT2D eigenvalue weighted by Crippen LogP contribution is -2.41. The quantitative estimate of drug-likeness (QED) is 0.793. The van der Waals surface area contributed by atoms with Crippen molar-refractivity contribution in [2.75, 3.05) is 13.1 Å². The predicted molar refractivity (Wildman–Crippen MR) is 92.5 cm³/mol. The second-order valence-corrected chi connectivity index (χ2v) is 6.93. The molecule has 1 aromatic rings. The predicted octanol–water partition coefficient (Wildman–Crippen LogP) is 3.16. The van der Waals surface area contributed by atoms with Crippen LogP contribution in [0.15, 0.2) is 30.3 Å². The maximum atomic E-state index is 12.4. The number of esters is 1. The topological polar surface area (TPSA) is 70.4 Å². The summed E-state index contributed by atoms with van der Waals surface area (Å²) in [5.74, 6) is -0.512. The zero-order valence-electron chi connectivity index (χ0n) is 14.4. The summed E-state index contributed by atoms with van der Waals surface area (Å²) < 4.78 is 5.65. The van der Waals surface area contributed by atoms with Crippen molar-refractivity contribution in [3.8, 4) is 6.07 Å². The van der Waals surface area contributed by atoms with E-state index < -0.39 is 0 Å². The lowest BCUT2D eigenvalue weighted by molar-refractivity contribution is -0.158. The first-order chi connectivity index (χ1) is 12.2. The average Bonchev–Trinajstić information content (AvgIpc) is 2.68. The molecule has 0 N–H and O–H groups in total. The van der Waals surface area contributed by atoms with Crippen LogP contribution >= 0.6 is 0 Å². The first-order valence-electron chi connectivity index (χ1n) is 9.13. The fraction of sp³-hybridized carbons (Fsp3) is 0.550. The third kappa shape index (κ3) is 4.19. The van der Waals surface area contributed by atoms with Crippen LogP contribution in [0.25, 0.3) is 0 Å². The molecule has 2 fully saturated rings. The molecule has 1 aliphatic carbocycles. The van der Waals surface area contributed by atoms with Crippen LogP contribution in [0, 0.1) is 23.2 Å². The Morgan fingerprint density at radius 1 is 1.04 bits per heavy atom. The van der Waals surface area contributed by atoms with Crippen LogP contribution in [0.1, 0.15) is 48.9 Å².